The van der Waals surface area contributed by atoms with Crippen LogP contribution in [0.3, 0.4) is 0 Å². The molecule has 15 heavy (non-hydrogen) atoms. The summed E-state index contributed by atoms with van der Waals surface area (Å²) in [5.41, 5.74) is 2.10. The van der Waals surface area contributed by atoms with Crippen molar-refractivity contribution in [3.63, 3.8) is 0 Å². The van der Waals surface area contributed by atoms with Crippen LogP contribution in [0.5, 0.6) is 0 Å². The van der Waals surface area contributed by atoms with Crippen molar-refractivity contribution in [2.75, 3.05) is 16.8 Å². The summed E-state index contributed by atoms with van der Waals surface area (Å²) in [6.45, 7) is 1.98. The van der Waals surface area contributed by atoms with E-state index in [-0.39, 0.29) is 0 Å². The van der Waals surface area contributed by atoms with Crippen LogP contribution >= 0.6 is 0 Å². The number of pyridine rings is 1. The highest BCUT2D eigenvalue weighted by molar-refractivity contribution is 7.85. The maximum Gasteiger partial charge on any atom is 0.0529 e. The first-order chi connectivity index (χ1) is 7.24. The van der Waals surface area contributed by atoms with E-state index in [0.717, 1.165) is 35.7 Å². The van der Waals surface area contributed by atoms with Crippen molar-refractivity contribution in [2.45, 2.75) is 25.8 Å². The quantitative estimate of drug-likeness (QED) is 0.831. The Morgan fingerprint density at radius 2 is 2.13 bits per heavy atom. The van der Waals surface area contributed by atoms with Crippen LogP contribution in [-0.2, 0) is 10.8 Å². The molecule has 1 aromatic heterocycles. The van der Waals surface area contributed by atoms with Gasteiger partial charge in [-0.3, -0.25) is 9.19 Å². The maximum absolute atomic E-state index is 11.2. The van der Waals surface area contributed by atoms with Crippen LogP contribution < -0.4 is 5.32 Å². The van der Waals surface area contributed by atoms with Crippen LogP contribution in [0.25, 0.3) is 0 Å². The minimum absolute atomic E-state index is 0.465. The third-order valence-electron chi connectivity index (χ3n) is 2.67. The summed E-state index contributed by atoms with van der Waals surface area (Å²) in [5, 5.41) is 3.43. The number of aryl methyl sites for hydroxylation is 1. The minimum Gasteiger partial charge on any atom is -0.381 e. The van der Waals surface area contributed by atoms with Gasteiger partial charge in [0.25, 0.3) is 0 Å². The first-order valence-electron chi connectivity index (χ1n) is 5.28. The first-order valence-corrected chi connectivity index (χ1v) is 6.77. The molecule has 2 rings (SSSR count). The van der Waals surface area contributed by atoms with Crippen molar-refractivity contribution in [2.24, 2.45) is 0 Å². The Hall–Kier alpha value is -0.900. The van der Waals surface area contributed by atoms with E-state index in [1.54, 1.807) is 0 Å². The summed E-state index contributed by atoms with van der Waals surface area (Å²) >= 11 is 0. The van der Waals surface area contributed by atoms with Crippen molar-refractivity contribution < 1.29 is 4.21 Å². The normalized spacial score (nSPS) is 26.2. The van der Waals surface area contributed by atoms with Crippen LogP contribution in [0.2, 0.25) is 0 Å². The zero-order valence-corrected chi connectivity index (χ0v) is 9.72. The lowest BCUT2D eigenvalue weighted by molar-refractivity contribution is 0.624. The van der Waals surface area contributed by atoms with Gasteiger partial charge in [0.05, 0.1) is 11.9 Å². The Balaban J connectivity index is 1.91. The van der Waals surface area contributed by atoms with Gasteiger partial charge >= 0.3 is 0 Å². The van der Waals surface area contributed by atoms with Crippen LogP contribution in [-0.4, -0.2) is 26.7 Å². The summed E-state index contributed by atoms with van der Waals surface area (Å²) in [6, 6.07) is 4.52. The number of anilines is 1. The van der Waals surface area contributed by atoms with E-state index in [0.29, 0.717) is 6.04 Å². The number of nitrogens with one attached hydrogen (secondary N) is 1. The molecule has 1 N–H and O–H groups in total. The van der Waals surface area contributed by atoms with Gasteiger partial charge in [-0.2, -0.15) is 0 Å². The molecule has 3 nitrogen and oxygen atoms in total. The second-order valence-corrected chi connectivity index (χ2v) is 5.65. The highest BCUT2D eigenvalue weighted by atomic mass is 32.2. The predicted octanol–water partition coefficient (Wildman–Crippen LogP) is 1.71. The maximum atomic E-state index is 11.2. The second kappa shape index (κ2) is 4.75. The molecule has 0 atom stereocenters. The van der Waals surface area contributed by atoms with Crippen LogP contribution in [0, 0.1) is 6.92 Å². The smallest absolute Gasteiger partial charge is 0.0529 e. The molecule has 4 heteroatoms. The van der Waals surface area contributed by atoms with Gasteiger partial charge < -0.3 is 5.32 Å². The first kappa shape index (κ1) is 10.6. The van der Waals surface area contributed by atoms with Gasteiger partial charge in [-0.1, -0.05) is 0 Å². The average molecular weight is 224 g/mol. The highest BCUT2D eigenvalue weighted by Crippen LogP contribution is 2.15. The number of hydrogen-bond donors (Lipinski definition) is 1. The van der Waals surface area contributed by atoms with E-state index in [4.69, 9.17) is 0 Å². The Bertz CT molecular complexity index is 340. The molecule has 0 bridgehead atoms. The molecular formula is C11H16N2OS. The van der Waals surface area contributed by atoms with Gasteiger partial charge in [-0.05, 0) is 31.9 Å². The molecule has 1 aromatic rings. The number of hydrogen-bond acceptors (Lipinski definition) is 3. The fraction of sp³-hybridized carbons (Fsp3) is 0.545. The number of nitrogens with zero attached hydrogens (tertiary/aromatic N) is 1. The zero-order valence-electron chi connectivity index (χ0n) is 8.90. The summed E-state index contributed by atoms with van der Waals surface area (Å²) in [5.74, 6) is 1.66. The van der Waals surface area contributed by atoms with Crippen molar-refractivity contribution in [1.29, 1.82) is 0 Å². The lowest BCUT2D eigenvalue weighted by atomic mass is 10.1. The fourth-order valence-electron chi connectivity index (χ4n) is 1.73. The molecule has 1 aliphatic heterocycles. The second-order valence-electron chi connectivity index (χ2n) is 3.95. The minimum atomic E-state index is -0.578. The summed E-state index contributed by atoms with van der Waals surface area (Å²) in [4.78, 5) is 4.24. The third-order valence-corrected chi connectivity index (χ3v) is 4.05. The van der Waals surface area contributed by atoms with Gasteiger partial charge in [0.1, 0.15) is 0 Å². The van der Waals surface area contributed by atoms with Crippen molar-refractivity contribution >= 4 is 16.5 Å². The molecule has 0 saturated carbocycles. The van der Waals surface area contributed by atoms with E-state index >= 15 is 0 Å². The SMILES string of the molecule is Cc1ccc(NC2CCS(=O)CC2)cn1. The van der Waals surface area contributed by atoms with Crippen LogP contribution in [0.4, 0.5) is 5.69 Å². The molecule has 0 spiro atoms. The Kier molecular flexibility index (Phi) is 3.36. The largest absolute Gasteiger partial charge is 0.381 e. The summed E-state index contributed by atoms with van der Waals surface area (Å²) in [6.07, 6.45) is 3.86. The van der Waals surface area contributed by atoms with Crippen molar-refractivity contribution in [1.82, 2.24) is 4.98 Å². The molecule has 0 aliphatic carbocycles. The monoisotopic (exact) mass is 224 g/mol. The highest BCUT2D eigenvalue weighted by Gasteiger charge is 2.17. The van der Waals surface area contributed by atoms with E-state index in [9.17, 15) is 4.21 Å². The predicted molar refractivity (Wildman–Crippen MR) is 63.5 cm³/mol. The van der Waals surface area contributed by atoms with E-state index in [1.165, 1.54) is 0 Å². The van der Waals surface area contributed by atoms with E-state index in [1.807, 2.05) is 25.3 Å². The summed E-state index contributed by atoms with van der Waals surface area (Å²) < 4.78 is 11.2. The van der Waals surface area contributed by atoms with Crippen LogP contribution in [0.15, 0.2) is 18.3 Å². The molecule has 0 aromatic carbocycles. The standard InChI is InChI=1S/C11H16N2OS/c1-9-2-3-11(8-12-9)13-10-4-6-15(14)7-5-10/h2-3,8,10,13H,4-7H2,1H3. The fourth-order valence-corrected chi connectivity index (χ4v) is 3.03. The van der Waals surface area contributed by atoms with Gasteiger partial charge in [0, 0.05) is 34.0 Å². The van der Waals surface area contributed by atoms with Crippen molar-refractivity contribution in [3.05, 3.63) is 24.0 Å². The third kappa shape index (κ3) is 3.02. The molecule has 0 amide bonds. The van der Waals surface area contributed by atoms with Gasteiger partial charge in [0.15, 0.2) is 0 Å². The molecule has 0 unspecified atom stereocenters. The molecule has 82 valence electrons. The molecule has 1 fully saturated rings. The molecule has 1 aliphatic rings. The molecule has 0 radical (unpaired) electrons. The number of rotatable bonds is 2. The summed E-state index contributed by atoms with van der Waals surface area (Å²) in [7, 11) is -0.578. The number of aromatic nitrogens is 1. The van der Waals surface area contributed by atoms with E-state index in [2.05, 4.69) is 10.3 Å². The lowest BCUT2D eigenvalue weighted by Gasteiger charge is -2.23. The molecule has 2 heterocycles. The van der Waals surface area contributed by atoms with E-state index < -0.39 is 10.8 Å². The molecule has 1 saturated heterocycles. The zero-order chi connectivity index (χ0) is 10.7. The Morgan fingerprint density at radius 1 is 1.40 bits per heavy atom. The Morgan fingerprint density at radius 3 is 2.73 bits per heavy atom. The topological polar surface area (TPSA) is 42.0 Å². The average Bonchev–Trinajstić information content (AvgIpc) is 2.25. The van der Waals surface area contributed by atoms with Gasteiger partial charge in [-0.25, -0.2) is 0 Å². The Labute approximate surface area is 92.8 Å². The van der Waals surface area contributed by atoms with Gasteiger partial charge in [0.2, 0.25) is 0 Å². The van der Waals surface area contributed by atoms with Gasteiger partial charge in [-0.15, -0.1) is 0 Å². The molecular weight excluding hydrogens is 208 g/mol. The van der Waals surface area contributed by atoms with Crippen molar-refractivity contribution in [3.8, 4) is 0 Å². The van der Waals surface area contributed by atoms with Crippen LogP contribution in [0.1, 0.15) is 18.5 Å². The lowest BCUT2D eigenvalue weighted by Crippen LogP contribution is -2.29.